The van der Waals surface area contributed by atoms with Crippen molar-refractivity contribution in [3.8, 4) is 11.6 Å². The molecule has 5 nitrogen and oxygen atoms in total. The minimum absolute atomic E-state index is 0.655. The van der Waals surface area contributed by atoms with Gasteiger partial charge in [0, 0.05) is 0 Å². The Kier molecular flexibility index (Phi) is 2.10. The number of aromatic nitrogens is 2. The van der Waals surface area contributed by atoms with Crippen LogP contribution in [0.1, 0.15) is 18.4 Å². The van der Waals surface area contributed by atoms with Crippen molar-refractivity contribution in [3.05, 3.63) is 42.2 Å². The molecule has 1 saturated carbocycles. The van der Waals surface area contributed by atoms with Gasteiger partial charge in [-0.1, -0.05) is 6.07 Å². The molecule has 0 unspecified atom stereocenters. The fraction of sp³-hybridized carbons (Fsp3) is 0.200. The summed E-state index contributed by atoms with van der Waals surface area (Å²) in [6.07, 6.45) is 3.00. The molecule has 0 amide bonds. The van der Waals surface area contributed by atoms with E-state index in [9.17, 15) is 9.90 Å². The normalized spacial score (nSPS) is 16.4. The molecular weight excluding hydrogens is 256 g/mol. The Morgan fingerprint density at radius 1 is 1.35 bits per heavy atom. The second-order valence-electron chi connectivity index (χ2n) is 5.18. The number of nitrogens with zero attached hydrogens (tertiary/aromatic N) is 1. The number of rotatable bonds is 3. The highest BCUT2D eigenvalue weighted by molar-refractivity contribution is 5.87. The Bertz CT molecular complexity index is 798. The first-order valence-corrected chi connectivity index (χ1v) is 6.47. The lowest BCUT2D eigenvalue weighted by Crippen LogP contribution is -2.19. The number of nitrogens with one attached hydrogen (secondary N) is 1. The number of fused-ring (bicyclic) bond motifs is 1. The van der Waals surface area contributed by atoms with E-state index in [0.29, 0.717) is 24.4 Å². The molecule has 2 aromatic heterocycles. The maximum Gasteiger partial charge on any atom is 0.314 e. The average molecular weight is 268 g/mol. The number of hydrogen-bond donors (Lipinski definition) is 2. The molecule has 1 fully saturated rings. The van der Waals surface area contributed by atoms with E-state index in [1.807, 2.05) is 24.3 Å². The van der Waals surface area contributed by atoms with Crippen molar-refractivity contribution in [1.82, 2.24) is 9.97 Å². The second kappa shape index (κ2) is 3.72. The van der Waals surface area contributed by atoms with Gasteiger partial charge in [-0.25, -0.2) is 4.98 Å². The zero-order chi connectivity index (χ0) is 13.7. The van der Waals surface area contributed by atoms with Crippen LogP contribution in [0.2, 0.25) is 0 Å². The van der Waals surface area contributed by atoms with Gasteiger partial charge in [0.2, 0.25) is 0 Å². The summed E-state index contributed by atoms with van der Waals surface area (Å²) in [6, 6.07) is 9.23. The monoisotopic (exact) mass is 268 g/mol. The summed E-state index contributed by atoms with van der Waals surface area (Å²) in [6.45, 7) is 0. The van der Waals surface area contributed by atoms with Crippen molar-refractivity contribution >= 4 is 17.0 Å². The zero-order valence-corrected chi connectivity index (χ0v) is 10.6. The molecule has 0 aliphatic heterocycles. The third-order valence-corrected chi connectivity index (χ3v) is 3.95. The summed E-state index contributed by atoms with van der Waals surface area (Å²) in [5.74, 6) is 0.576. The van der Waals surface area contributed by atoms with Gasteiger partial charge in [0.1, 0.15) is 0 Å². The highest BCUT2D eigenvalue weighted by Gasteiger charge is 2.51. The number of H-pyrrole nitrogens is 1. The summed E-state index contributed by atoms with van der Waals surface area (Å²) in [7, 11) is 0. The minimum atomic E-state index is -0.748. The topological polar surface area (TPSA) is 79.1 Å². The predicted molar refractivity (Wildman–Crippen MR) is 72.3 cm³/mol. The molecule has 0 radical (unpaired) electrons. The van der Waals surface area contributed by atoms with E-state index in [4.69, 9.17) is 4.42 Å². The molecule has 4 rings (SSSR count). The van der Waals surface area contributed by atoms with E-state index in [2.05, 4.69) is 9.97 Å². The molecular formula is C15H12N2O3. The molecule has 5 heteroatoms. The van der Waals surface area contributed by atoms with Gasteiger partial charge in [-0.2, -0.15) is 0 Å². The van der Waals surface area contributed by atoms with Crippen LogP contribution in [0, 0.1) is 0 Å². The molecule has 1 aliphatic rings. The van der Waals surface area contributed by atoms with Crippen LogP contribution >= 0.6 is 0 Å². The maximum atomic E-state index is 11.4. The lowest BCUT2D eigenvalue weighted by Gasteiger charge is -2.09. The third kappa shape index (κ3) is 1.49. The highest BCUT2D eigenvalue weighted by atomic mass is 16.4. The molecule has 1 aliphatic carbocycles. The molecule has 0 saturated heterocycles. The van der Waals surface area contributed by atoms with Crippen molar-refractivity contribution in [1.29, 1.82) is 0 Å². The van der Waals surface area contributed by atoms with Crippen molar-refractivity contribution in [2.75, 3.05) is 0 Å². The Labute approximate surface area is 114 Å². The number of imidazole rings is 1. The SMILES string of the molecule is O=C(O)C1(c2ccc3nc(-c4ccco4)[nH]c3c2)CC1. The Hall–Kier alpha value is -2.56. The van der Waals surface area contributed by atoms with Crippen LogP contribution in [0.5, 0.6) is 0 Å². The molecule has 0 bridgehead atoms. The lowest BCUT2D eigenvalue weighted by molar-refractivity contribution is -0.140. The molecule has 0 atom stereocenters. The van der Waals surface area contributed by atoms with Crippen molar-refractivity contribution in [2.45, 2.75) is 18.3 Å². The molecule has 2 heterocycles. The molecule has 20 heavy (non-hydrogen) atoms. The van der Waals surface area contributed by atoms with Crippen LogP contribution in [0.15, 0.2) is 41.0 Å². The Morgan fingerprint density at radius 2 is 2.20 bits per heavy atom. The summed E-state index contributed by atoms with van der Waals surface area (Å²) in [5, 5.41) is 9.34. The summed E-state index contributed by atoms with van der Waals surface area (Å²) >= 11 is 0. The number of carbonyl (C=O) groups is 1. The number of carboxylic acids is 1. The average Bonchev–Trinajstić information content (AvgIpc) is 2.90. The van der Waals surface area contributed by atoms with Crippen LogP contribution in [-0.4, -0.2) is 21.0 Å². The van der Waals surface area contributed by atoms with E-state index >= 15 is 0 Å². The fourth-order valence-corrected chi connectivity index (χ4v) is 2.59. The van der Waals surface area contributed by atoms with E-state index in [-0.39, 0.29) is 0 Å². The van der Waals surface area contributed by atoms with Gasteiger partial charge >= 0.3 is 5.97 Å². The van der Waals surface area contributed by atoms with E-state index in [1.54, 1.807) is 12.3 Å². The van der Waals surface area contributed by atoms with E-state index < -0.39 is 11.4 Å². The van der Waals surface area contributed by atoms with Crippen molar-refractivity contribution < 1.29 is 14.3 Å². The summed E-state index contributed by atoms with van der Waals surface area (Å²) < 4.78 is 5.31. The number of carboxylic acid groups (broad SMARTS) is 1. The second-order valence-corrected chi connectivity index (χ2v) is 5.18. The first kappa shape index (κ1) is 11.3. The Balaban J connectivity index is 1.82. The third-order valence-electron chi connectivity index (χ3n) is 3.95. The molecule has 0 spiro atoms. The fourth-order valence-electron chi connectivity index (χ4n) is 2.59. The maximum absolute atomic E-state index is 11.4. The summed E-state index contributed by atoms with van der Waals surface area (Å²) in [4.78, 5) is 19.0. The molecule has 3 aromatic rings. The lowest BCUT2D eigenvalue weighted by atomic mass is 9.96. The van der Waals surface area contributed by atoms with Crippen LogP contribution in [0.4, 0.5) is 0 Å². The quantitative estimate of drug-likeness (QED) is 0.765. The molecule has 100 valence electrons. The number of furan rings is 1. The zero-order valence-electron chi connectivity index (χ0n) is 10.6. The van der Waals surface area contributed by atoms with E-state index in [0.717, 1.165) is 16.6 Å². The largest absolute Gasteiger partial charge is 0.481 e. The van der Waals surface area contributed by atoms with Crippen LogP contribution in [0.25, 0.3) is 22.6 Å². The van der Waals surface area contributed by atoms with Gasteiger partial charge in [0.15, 0.2) is 11.6 Å². The van der Waals surface area contributed by atoms with Gasteiger partial charge in [0.25, 0.3) is 0 Å². The van der Waals surface area contributed by atoms with Crippen LogP contribution in [-0.2, 0) is 10.2 Å². The number of aromatic amines is 1. The van der Waals surface area contributed by atoms with Gasteiger partial charge in [0.05, 0.1) is 22.7 Å². The highest BCUT2D eigenvalue weighted by Crippen LogP contribution is 2.48. The van der Waals surface area contributed by atoms with Gasteiger partial charge in [-0.3, -0.25) is 4.79 Å². The van der Waals surface area contributed by atoms with Gasteiger partial charge < -0.3 is 14.5 Å². The number of aliphatic carboxylic acids is 1. The minimum Gasteiger partial charge on any atom is -0.481 e. The van der Waals surface area contributed by atoms with Crippen LogP contribution in [0.3, 0.4) is 0 Å². The van der Waals surface area contributed by atoms with Crippen molar-refractivity contribution in [2.24, 2.45) is 0 Å². The summed E-state index contributed by atoms with van der Waals surface area (Å²) in [5.41, 5.74) is 1.79. The number of hydrogen-bond acceptors (Lipinski definition) is 3. The Morgan fingerprint density at radius 3 is 2.85 bits per heavy atom. The predicted octanol–water partition coefficient (Wildman–Crippen LogP) is 2.94. The van der Waals surface area contributed by atoms with Crippen LogP contribution < -0.4 is 0 Å². The van der Waals surface area contributed by atoms with Gasteiger partial charge in [-0.15, -0.1) is 0 Å². The first-order chi connectivity index (χ1) is 9.69. The standard InChI is InChI=1S/C15H12N2O3/c18-14(19)15(5-6-15)9-3-4-10-11(8-9)17-13(16-10)12-2-1-7-20-12/h1-4,7-8H,5-6H2,(H,16,17)(H,18,19). The first-order valence-electron chi connectivity index (χ1n) is 6.47. The smallest absolute Gasteiger partial charge is 0.314 e. The molecule has 2 N–H and O–H groups in total. The molecule has 1 aromatic carbocycles. The number of benzene rings is 1. The van der Waals surface area contributed by atoms with Gasteiger partial charge in [-0.05, 0) is 42.7 Å². The van der Waals surface area contributed by atoms with Crippen molar-refractivity contribution in [3.63, 3.8) is 0 Å². The van der Waals surface area contributed by atoms with E-state index in [1.165, 1.54) is 0 Å².